The number of nitrogens with zero attached hydrogens (tertiary/aromatic N) is 3. The minimum Gasteiger partial charge on any atom is -0.351 e. The second kappa shape index (κ2) is 10.1. The van der Waals surface area contributed by atoms with Crippen molar-refractivity contribution < 1.29 is 9.59 Å². The molecule has 0 spiro atoms. The fourth-order valence-electron chi connectivity index (χ4n) is 2.97. The summed E-state index contributed by atoms with van der Waals surface area (Å²) in [5.41, 5.74) is 2.60. The molecule has 1 heterocycles. The SMILES string of the molecule is Cc1ccccc1C(=O)N[C@H](C)c1nnc(SCC(=O)NCc2ccccc2)n1C. The summed E-state index contributed by atoms with van der Waals surface area (Å²) >= 11 is 1.31. The van der Waals surface area contributed by atoms with Crippen molar-refractivity contribution in [2.75, 3.05) is 5.75 Å². The predicted octanol–water partition coefficient (Wildman–Crippen LogP) is 3.02. The average Bonchev–Trinajstić information content (AvgIpc) is 3.12. The van der Waals surface area contributed by atoms with Crippen molar-refractivity contribution in [1.82, 2.24) is 25.4 Å². The Morgan fingerprint density at radius 3 is 2.50 bits per heavy atom. The zero-order valence-electron chi connectivity index (χ0n) is 17.3. The van der Waals surface area contributed by atoms with Gasteiger partial charge in [-0.15, -0.1) is 10.2 Å². The van der Waals surface area contributed by atoms with Gasteiger partial charge in [0, 0.05) is 19.2 Å². The lowest BCUT2D eigenvalue weighted by atomic mass is 10.1. The van der Waals surface area contributed by atoms with E-state index in [0.717, 1.165) is 11.1 Å². The van der Waals surface area contributed by atoms with Gasteiger partial charge in [0.1, 0.15) is 0 Å². The Balaban J connectivity index is 1.54. The number of carbonyl (C=O) groups excluding carboxylic acids is 2. The molecule has 2 aromatic carbocycles. The monoisotopic (exact) mass is 423 g/mol. The third-order valence-electron chi connectivity index (χ3n) is 4.66. The maximum atomic E-state index is 12.5. The molecule has 156 valence electrons. The number of rotatable bonds is 8. The number of hydrogen-bond acceptors (Lipinski definition) is 5. The van der Waals surface area contributed by atoms with E-state index in [1.54, 1.807) is 10.6 Å². The van der Waals surface area contributed by atoms with Crippen LogP contribution < -0.4 is 10.6 Å². The number of aromatic nitrogens is 3. The molecule has 0 aliphatic rings. The third-order valence-corrected chi connectivity index (χ3v) is 5.68. The van der Waals surface area contributed by atoms with Gasteiger partial charge in [-0.3, -0.25) is 9.59 Å². The Morgan fingerprint density at radius 2 is 1.77 bits per heavy atom. The third kappa shape index (κ3) is 5.48. The van der Waals surface area contributed by atoms with Crippen LogP contribution in [-0.4, -0.2) is 32.3 Å². The van der Waals surface area contributed by atoms with Gasteiger partial charge in [0.15, 0.2) is 11.0 Å². The number of aryl methyl sites for hydroxylation is 1. The van der Waals surface area contributed by atoms with Crippen LogP contribution in [0.5, 0.6) is 0 Å². The number of benzene rings is 2. The van der Waals surface area contributed by atoms with Crippen molar-refractivity contribution in [2.45, 2.75) is 31.6 Å². The lowest BCUT2D eigenvalue weighted by Crippen LogP contribution is -2.29. The highest BCUT2D eigenvalue weighted by Crippen LogP contribution is 2.19. The Bertz CT molecular complexity index is 1020. The van der Waals surface area contributed by atoms with Crippen LogP contribution in [0.15, 0.2) is 59.8 Å². The Morgan fingerprint density at radius 1 is 1.07 bits per heavy atom. The molecule has 0 saturated carbocycles. The lowest BCUT2D eigenvalue weighted by Gasteiger charge is -2.14. The smallest absolute Gasteiger partial charge is 0.252 e. The van der Waals surface area contributed by atoms with Crippen LogP contribution in [0.25, 0.3) is 0 Å². The van der Waals surface area contributed by atoms with Crippen molar-refractivity contribution in [3.05, 3.63) is 77.1 Å². The van der Waals surface area contributed by atoms with Crippen LogP contribution in [-0.2, 0) is 18.4 Å². The first-order chi connectivity index (χ1) is 14.5. The molecule has 7 nitrogen and oxygen atoms in total. The molecule has 0 unspecified atom stereocenters. The van der Waals surface area contributed by atoms with E-state index >= 15 is 0 Å². The average molecular weight is 424 g/mol. The first kappa shape index (κ1) is 21.6. The zero-order valence-corrected chi connectivity index (χ0v) is 18.1. The second-order valence-electron chi connectivity index (χ2n) is 6.96. The van der Waals surface area contributed by atoms with Gasteiger partial charge >= 0.3 is 0 Å². The minimum absolute atomic E-state index is 0.0747. The van der Waals surface area contributed by atoms with Gasteiger partial charge in [0.2, 0.25) is 5.91 Å². The van der Waals surface area contributed by atoms with Gasteiger partial charge in [0.25, 0.3) is 5.91 Å². The number of nitrogens with one attached hydrogen (secondary N) is 2. The molecule has 0 fully saturated rings. The molecule has 0 saturated heterocycles. The van der Waals surface area contributed by atoms with E-state index in [0.29, 0.717) is 23.1 Å². The van der Waals surface area contributed by atoms with E-state index in [1.807, 2.05) is 69.4 Å². The van der Waals surface area contributed by atoms with E-state index < -0.39 is 0 Å². The molecule has 1 aromatic heterocycles. The van der Waals surface area contributed by atoms with Gasteiger partial charge in [0.05, 0.1) is 11.8 Å². The van der Waals surface area contributed by atoms with Gasteiger partial charge in [-0.25, -0.2) is 0 Å². The van der Waals surface area contributed by atoms with Crippen LogP contribution in [0.3, 0.4) is 0 Å². The van der Waals surface area contributed by atoms with Crippen LogP contribution in [0.4, 0.5) is 0 Å². The van der Waals surface area contributed by atoms with Crippen molar-refractivity contribution in [3.8, 4) is 0 Å². The molecular weight excluding hydrogens is 398 g/mol. The maximum absolute atomic E-state index is 12.5. The minimum atomic E-state index is -0.323. The topological polar surface area (TPSA) is 88.9 Å². The highest BCUT2D eigenvalue weighted by Gasteiger charge is 2.19. The fraction of sp³-hybridized carbons (Fsp3) is 0.273. The van der Waals surface area contributed by atoms with Gasteiger partial charge in [-0.1, -0.05) is 60.3 Å². The van der Waals surface area contributed by atoms with E-state index in [-0.39, 0.29) is 23.6 Å². The molecule has 3 aromatic rings. The molecule has 2 N–H and O–H groups in total. The summed E-state index contributed by atoms with van der Waals surface area (Å²) < 4.78 is 1.80. The molecule has 30 heavy (non-hydrogen) atoms. The van der Waals surface area contributed by atoms with Crippen molar-refractivity contribution in [2.24, 2.45) is 7.05 Å². The Labute approximate surface area is 180 Å². The predicted molar refractivity (Wildman–Crippen MR) is 117 cm³/mol. The van der Waals surface area contributed by atoms with E-state index in [1.165, 1.54) is 11.8 Å². The fourth-order valence-corrected chi connectivity index (χ4v) is 3.72. The summed E-state index contributed by atoms with van der Waals surface area (Å²) in [6.07, 6.45) is 0. The standard InChI is InChI=1S/C22H25N5O2S/c1-15-9-7-8-12-18(15)21(29)24-16(2)20-25-26-22(27(20)3)30-14-19(28)23-13-17-10-5-4-6-11-17/h4-12,16H,13-14H2,1-3H3,(H,23,28)(H,24,29)/t16-/m1/s1. The van der Waals surface area contributed by atoms with Crippen LogP contribution in [0, 0.1) is 6.92 Å². The second-order valence-corrected chi connectivity index (χ2v) is 7.90. The highest BCUT2D eigenvalue weighted by molar-refractivity contribution is 7.99. The summed E-state index contributed by atoms with van der Waals surface area (Å²) in [5, 5.41) is 14.8. The van der Waals surface area contributed by atoms with Gasteiger partial charge in [-0.2, -0.15) is 0 Å². The number of carbonyl (C=O) groups is 2. The van der Waals surface area contributed by atoms with Gasteiger partial charge in [-0.05, 0) is 31.0 Å². The number of amides is 2. The molecule has 2 amide bonds. The van der Waals surface area contributed by atoms with Crippen LogP contribution in [0.2, 0.25) is 0 Å². The maximum Gasteiger partial charge on any atom is 0.252 e. The first-order valence-corrected chi connectivity index (χ1v) is 10.6. The summed E-state index contributed by atoms with van der Waals surface area (Å²) in [6, 6.07) is 16.9. The summed E-state index contributed by atoms with van der Waals surface area (Å²) in [7, 11) is 1.83. The zero-order chi connectivity index (χ0) is 21.5. The van der Waals surface area contributed by atoms with E-state index in [9.17, 15) is 9.59 Å². The molecular formula is C22H25N5O2S. The molecule has 0 aliphatic heterocycles. The largest absolute Gasteiger partial charge is 0.351 e. The van der Waals surface area contributed by atoms with Crippen molar-refractivity contribution in [3.63, 3.8) is 0 Å². The Hall–Kier alpha value is -3.13. The molecule has 0 bridgehead atoms. The van der Waals surface area contributed by atoms with Gasteiger partial charge < -0.3 is 15.2 Å². The summed E-state index contributed by atoms with van der Waals surface area (Å²) in [6.45, 7) is 4.26. The molecule has 3 rings (SSSR count). The number of hydrogen-bond donors (Lipinski definition) is 2. The van der Waals surface area contributed by atoms with Crippen molar-refractivity contribution >= 4 is 23.6 Å². The molecule has 0 radical (unpaired) electrons. The van der Waals surface area contributed by atoms with E-state index in [4.69, 9.17) is 0 Å². The number of thioether (sulfide) groups is 1. The first-order valence-electron chi connectivity index (χ1n) is 9.65. The summed E-state index contributed by atoms with van der Waals surface area (Å²) in [4.78, 5) is 24.7. The molecule has 8 heteroatoms. The van der Waals surface area contributed by atoms with E-state index in [2.05, 4.69) is 20.8 Å². The molecule has 1 atom stereocenters. The summed E-state index contributed by atoms with van der Waals surface area (Å²) in [5.74, 6) is 0.638. The highest BCUT2D eigenvalue weighted by atomic mass is 32.2. The normalized spacial score (nSPS) is 11.7. The van der Waals surface area contributed by atoms with Crippen LogP contribution in [0.1, 0.15) is 40.3 Å². The molecule has 0 aliphatic carbocycles. The van der Waals surface area contributed by atoms with Crippen molar-refractivity contribution in [1.29, 1.82) is 0 Å². The Kier molecular flexibility index (Phi) is 7.24. The lowest BCUT2D eigenvalue weighted by molar-refractivity contribution is -0.118. The quantitative estimate of drug-likeness (QED) is 0.544. The van der Waals surface area contributed by atoms with Crippen LogP contribution >= 0.6 is 11.8 Å².